The van der Waals surface area contributed by atoms with Gasteiger partial charge in [-0.25, -0.2) is 0 Å². The lowest BCUT2D eigenvalue weighted by molar-refractivity contribution is 0.930. The number of rotatable bonds is 3. The van der Waals surface area contributed by atoms with Crippen molar-refractivity contribution in [1.29, 1.82) is 0 Å². The van der Waals surface area contributed by atoms with Crippen molar-refractivity contribution in [2.45, 2.75) is 13.3 Å². The van der Waals surface area contributed by atoms with Crippen molar-refractivity contribution >= 4 is 55.2 Å². The average molecular weight is 689 g/mol. The Balaban J connectivity index is 1.13. The molecule has 0 nitrogen and oxygen atoms in total. The molecule has 0 spiro atoms. The molecule has 0 bridgehead atoms. The minimum atomic E-state index is 0.262. The Morgan fingerprint density at radius 1 is 0.519 bits per heavy atom. The van der Waals surface area contributed by atoms with Crippen LogP contribution in [-0.4, -0.2) is 0 Å². The summed E-state index contributed by atoms with van der Waals surface area (Å²) in [4.78, 5) is 0. The van der Waals surface area contributed by atoms with Crippen molar-refractivity contribution in [2.24, 2.45) is 5.92 Å². The molecule has 1 unspecified atom stereocenters. The molecule has 0 N–H and O–H groups in total. The summed E-state index contributed by atoms with van der Waals surface area (Å²) < 4.78 is 0. The third-order valence-electron chi connectivity index (χ3n) is 10.9. The van der Waals surface area contributed by atoms with E-state index in [0.717, 1.165) is 28.7 Å². The van der Waals surface area contributed by atoms with E-state index in [1.165, 1.54) is 76.5 Å². The lowest BCUT2D eigenvalue weighted by atomic mass is 9.87. The van der Waals surface area contributed by atoms with E-state index in [-0.39, 0.29) is 5.92 Å². The largest absolute Gasteiger partial charge is 0.116 e. The van der Waals surface area contributed by atoms with Crippen molar-refractivity contribution in [2.75, 3.05) is 0 Å². The summed E-state index contributed by atoms with van der Waals surface area (Å²) in [6.07, 6.45) is 22.5. The van der Waals surface area contributed by atoms with E-state index >= 15 is 0 Å². The molecule has 0 radical (unpaired) electrons. The third kappa shape index (κ3) is 6.24. The van der Waals surface area contributed by atoms with Crippen LogP contribution in [0.5, 0.6) is 0 Å². The van der Waals surface area contributed by atoms with E-state index in [1.807, 2.05) is 12.2 Å². The first-order valence-corrected chi connectivity index (χ1v) is 18.8. The summed E-state index contributed by atoms with van der Waals surface area (Å²) in [7, 11) is 0. The van der Waals surface area contributed by atoms with Crippen LogP contribution in [0.1, 0.15) is 24.5 Å². The van der Waals surface area contributed by atoms with Gasteiger partial charge in [0.2, 0.25) is 0 Å². The molecule has 0 fully saturated rings. The van der Waals surface area contributed by atoms with E-state index in [1.54, 1.807) is 0 Å². The van der Waals surface area contributed by atoms with Gasteiger partial charge in [0.1, 0.15) is 0 Å². The first kappa shape index (κ1) is 33.1. The van der Waals surface area contributed by atoms with Gasteiger partial charge in [-0.3, -0.25) is 0 Å². The lowest BCUT2D eigenvalue weighted by Crippen LogP contribution is -1.94. The molecule has 0 saturated carbocycles. The second-order valence-corrected chi connectivity index (χ2v) is 14.4. The smallest absolute Gasteiger partial charge is 0.00471 e. The maximum atomic E-state index is 4.25. The highest BCUT2D eigenvalue weighted by atomic mass is 14.2. The van der Waals surface area contributed by atoms with Gasteiger partial charge in [-0.15, -0.1) is 5.73 Å². The molecule has 54 heavy (non-hydrogen) atoms. The maximum absolute atomic E-state index is 4.25. The second-order valence-electron chi connectivity index (χ2n) is 14.4. The van der Waals surface area contributed by atoms with Crippen LogP contribution in [0.15, 0.2) is 211 Å². The van der Waals surface area contributed by atoms with Crippen LogP contribution < -0.4 is 0 Å². The van der Waals surface area contributed by atoms with Gasteiger partial charge in [0.15, 0.2) is 0 Å². The zero-order valence-electron chi connectivity index (χ0n) is 30.5. The number of fused-ring (bicyclic) bond motifs is 9. The SMILES string of the molecule is C=C1/C=C\C=C/C(C)/C=C(C2=C=Cc3c(c4ccc(-c5cccc(-c6ccc7c(ccc8ccccc87)c6)c5)cc4c4ccccc34)/C=C\C2)\C=C/C1=C. The Hall–Kier alpha value is -6.72. The Morgan fingerprint density at radius 2 is 1.19 bits per heavy atom. The van der Waals surface area contributed by atoms with E-state index in [4.69, 9.17) is 0 Å². The second kappa shape index (κ2) is 14.0. The Kier molecular flexibility index (Phi) is 8.60. The summed E-state index contributed by atoms with van der Waals surface area (Å²) in [5, 5.41) is 10.1. The van der Waals surface area contributed by atoms with E-state index in [9.17, 15) is 0 Å². The van der Waals surface area contributed by atoms with Gasteiger partial charge >= 0.3 is 0 Å². The predicted octanol–water partition coefficient (Wildman–Crippen LogP) is 14.9. The highest BCUT2D eigenvalue weighted by Gasteiger charge is 2.15. The van der Waals surface area contributed by atoms with Crippen molar-refractivity contribution < 1.29 is 0 Å². The fourth-order valence-corrected chi connectivity index (χ4v) is 7.96. The van der Waals surface area contributed by atoms with Crippen molar-refractivity contribution in [3.8, 4) is 22.3 Å². The molecule has 7 aromatic rings. The van der Waals surface area contributed by atoms with Crippen molar-refractivity contribution in [3.05, 3.63) is 222 Å². The Bertz CT molecular complexity index is 2920. The summed E-state index contributed by atoms with van der Waals surface area (Å²) in [5.74, 6) is 0.262. The van der Waals surface area contributed by atoms with E-state index < -0.39 is 0 Å². The molecule has 2 aliphatic rings. The number of hydrogen-bond acceptors (Lipinski definition) is 0. The van der Waals surface area contributed by atoms with Gasteiger partial charge < -0.3 is 0 Å². The summed E-state index contributed by atoms with van der Waals surface area (Å²) in [5.41, 5.74) is 15.2. The monoisotopic (exact) mass is 688 g/mol. The van der Waals surface area contributed by atoms with Gasteiger partial charge in [-0.1, -0.05) is 178 Å². The van der Waals surface area contributed by atoms with Gasteiger partial charge in [-0.2, -0.15) is 0 Å². The van der Waals surface area contributed by atoms with Gasteiger partial charge in [0, 0.05) is 5.57 Å². The van der Waals surface area contributed by atoms with Gasteiger partial charge in [-0.05, 0) is 130 Å². The normalized spacial score (nSPS) is 19.3. The van der Waals surface area contributed by atoms with E-state index in [2.05, 4.69) is 196 Å². The zero-order chi connectivity index (χ0) is 36.6. The molecule has 0 aliphatic heterocycles. The fraction of sp³-hybridized carbons (Fsp3) is 0.0556. The highest BCUT2D eigenvalue weighted by molar-refractivity contribution is 6.16. The third-order valence-corrected chi connectivity index (χ3v) is 10.9. The molecule has 256 valence electrons. The fourth-order valence-electron chi connectivity index (χ4n) is 7.96. The standard InChI is InChI=1S/C54H40/c1-36-12-4-5-13-37(2)38(3)22-23-43(32-36)39-15-11-21-50-52(30-26-39)49-19-8-9-20-51(49)54-35-45(28-31-53(50)54)42-17-10-16-41(33-42)44-27-29-48-46(34-44)25-24-40-14-6-7-18-47(40)48/h4-14,16-25,27-36H,2-3,15H2,1H3/b12-4-,13-5-,21-11-,23-22-,43-32+. The lowest BCUT2D eigenvalue weighted by Gasteiger charge is -2.16. The number of benzene rings is 7. The van der Waals surface area contributed by atoms with Crippen LogP contribution in [-0.2, 0) is 0 Å². The van der Waals surface area contributed by atoms with Crippen LogP contribution >= 0.6 is 0 Å². The minimum Gasteiger partial charge on any atom is -0.116 e. The van der Waals surface area contributed by atoms with Crippen LogP contribution in [0.4, 0.5) is 0 Å². The topological polar surface area (TPSA) is 0 Å². The molecule has 0 amide bonds. The molecule has 1 atom stereocenters. The number of hydrogen-bond donors (Lipinski definition) is 0. The van der Waals surface area contributed by atoms with Crippen molar-refractivity contribution in [3.63, 3.8) is 0 Å². The maximum Gasteiger partial charge on any atom is 0.00471 e. The minimum absolute atomic E-state index is 0.262. The summed E-state index contributed by atoms with van der Waals surface area (Å²) in [6, 6.07) is 44.7. The molecule has 0 saturated heterocycles. The van der Waals surface area contributed by atoms with Crippen LogP contribution in [0.2, 0.25) is 0 Å². The van der Waals surface area contributed by atoms with Crippen LogP contribution in [0.3, 0.4) is 0 Å². The summed E-state index contributed by atoms with van der Waals surface area (Å²) in [6.45, 7) is 10.6. The van der Waals surface area contributed by atoms with E-state index in [0.29, 0.717) is 0 Å². The van der Waals surface area contributed by atoms with Crippen LogP contribution in [0.25, 0.3) is 77.5 Å². The summed E-state index contributed by atoms with van der Waals surface area (Å²) >= 11 is 0. The molecule has 0 heteroatoms. The quantitative estimate of drug-likeness (QED) is 0.128. The zero-order valence-corrected chi connectivity index (χ0v) is 30.5. The molecular formula is C54H40. The molecule has 0 heterocycles. The Labute approximate surface area is 317 Å². The number of allylic oxidation sites excluding steroid dienone is 12. The van der Waals surface area contributed by atoms with Gasteiger partial charge in [0.25, 0.3) is 0 Å². The molecule has 0 aromatic heterocycles. The molecular weight excluding hydrogens is 649 g/mol. The average Bonchev–Trinajstić information content (AvgIpc) is 3.23. The molecule has 7 aromatic carbocycles. The van der Waals surface area contributed by atoms with Gasteiger partial charge in [0.05, 0.1) is 0 Å². The Morgan fingerprint density at radius 3 is 2.04 bits per heavy atom. The predicted molar refractivity (Wildman–Crippen MR) is 235 cm³/mol. The molecule has 9 rings (SSSR count). The first-order chi connectivity index (χ1) is 26.5. The van der Waals surface area contributed by atoms with Crippen molar-refractivity contribution in [1.82, 2.24) is 0 Å². The first-order valence-electron chi connectivity index (χ1n) is 18.8. The highest BCUT2D eigenvalue weighted by Crippen LogP contribution is 2.39. The molecule has 2 aliphatic carbocycles. The van der Waals surface area contributed by atoms with Crippen LogP contribution in [0, 0.1) is 5.92 Å².